The highest BCUT2D eigenvalue weighted by Gasteiger charge is 2.34. The van der Waals surface area contributed by atoms with Gasteiger partial charge in [-0.2, -0.15) is 14.5 Å². The van der Waals surface area contributed by atoms with E-state index in [9.17, 15) is 8.42 Å². The normalized spacial score (nSPS) is 14.5. The molecular weight excluding hydrogens is 394 g/mol. The lowest BCUT2D eigenvalue weighted by molar-refractivity contribution is 0.448. The van der Waals surface area contributed by atoms with Crippen molar-refractivity contribution in [2.75, 3.05) is 18.5 Å². The molecule has 1 N–H and O–H groups in total. The first-order valence-electron chi connectivity index (χ1n) is 8.82. The number of hydrogen-bond acceptors (Lipinski definition) is 9. The Balaban J connectivity index is 1.38. The Morgan fingerprint density at radius 2 is 1.66 bits per heavy atom. The van der Waals surface area contributed by atoms with E-state index >= 15 is 0 Å². The van der Waals surface area contributed by atoms with E-state index in [0.717, 1.165) is 17.0 Å². The summed E-state index contributed by atoms with van der Waals surface area (Å²) in [5.41, 5.74) is 6.03. The Bertz CT molecular complexity index is 1160. The molecule has 3 heterocycles. The minimum Gasteiger partial charge on any atom is -0.243 e. The zero-order chi connectivity index (χ0) is 20.6. The number of sulfonamides is 1. The molecule has 2 aromatic heterocycles. The summed E-state index contributed by atoms with van der Waals surface area (Å²) in [5.74, 6) is 0.371. The average molecular weight is 413 g/mol. The smallest absolute Gasteiger partial charge is 0.243 e. The number of aromatic nitrogens is 6. The average Bonchev–Trinajstić information content (AvgIpc) is 2.99. The van der Waals surface area contributed by atoms with Crippen LogP contribution < -0.4 is 5.43 Å². The van der Waals surface area contributed by atoms with Gasteiger partial charge in [0.25, 0.3) is 11.9 Å². The predicted octanol–water partition coefficient (Wildman–Crippen LogP) is 0.850. The van der Waals surface area contributed by atoms with Crippen molar-refractivity contribution >= 4 is 21.7 Å². The van der Waals surface area contributed by atoms with Crippen LogP contribution in [0.4, 0.5) is 5.95 Å². The third-order valence-electron chi connectivity index (χ3n) is 4.36. The highest BCUT2D eigenvalue weighted by atomic mass is 32.2. The topological polar surface area (TPSA) is 131 Å². The van der Waals surface area contributed by atoms with Crippen LogP contribution in [0.1, 0.15) is 17.0 Å². The molecule has 1 aliphatic heterocycles. The van der Waals surface area contributed by atoms with Gasteiger partial charge in [-0.05, 0) is 39.0 Å². The summed E-state index contributed by atoms with van der Waals surface area (Å²) < 4.78 is 28.0. The first kappa shape index (κ1) is 19.1. The maximum absolute atomic E-state index is 12.5. The van der Waals surface area contributed by atoms with Crippen LogP contribution in [-0.2, 0) is 10.0 Å². The Hall–Kier alpha value is -3.25. The van der Waals surface area contributed by atoms with Crippen molar-refractivity contribution in [1.82, 2.24) is 34.5 Å². The van der Waals surface area contributed by atoms with Gasteiger partial charge in [-0.1, -0.05) is 17.7 Å². The summed E-state index contributed by atoms with van der Waals surface area (Å²) in [6.45, 7) is 6.07. The highest BCUT2D eigenvalue weighted by molar-refractivity contribution is 7.89. The van der Waals surface area contributed by atoms with E-state index in [1.807, 2.05) is 26.8 Å². The zero-order valence-corrected chi connectivity index (χ0v) is 16.9. The fourth-order valence-corrected chi connectivity index (χ4v) is 4.19. The molecule has 1 saturated heterocycles. The van der Waals surface area contributed by atoms with Crippen molar-refractivity contribution in [1.29, 1.82) is 0 Å². The molecular formula is C17H19N9O2S. The summed E-state index contributed by atoms with van der Waals surface area (Å²) >= 11 is 0. The highest BCUT2D eigenvalue weighted by Crippen LogP contribution is 2.20. The third kappa shape index (κ3) is 3.84. The van der Waals surface area contributed by atoms with Gasteiger partial charge in [0, 0.05) is 5.69 Å². The molecule has 1 fully saturated rings. The molecule has 0 aliphatic carbocycles. The lowest BCUT2D eigenvalue weighted by Gasteiger charge is -2.31. The number of hydrazone groups is 1. The summed E-state index contributed by atoms with van der Waals surface area (Å²) in [6.07, 6.45) is 0. The Labute approximate surface area is 167 Å². The van der Waals surface area contributed by atoms with Crippen LogP contribution in [0.5, 0.6) is 0 Å². The van der Waals surface area contributed by atoms with E-state index in [1.165, 1.54) is 4.31 Å². The molecule has 1 aromatic carbocycles. The quantitative estimate of drug-likeness (QED) is 0.609. The van der Waals surface area contributed by atoms with E-state index in [4.69, 9.17) is 0 Å². The van der Waals surface area contributed by atoms with E-state index in [1.54, 1.807) is 28.9 Å². The third-order valence-corrected chi connectivity index (χ3v) is 6.16. The monoisotopic (exact) mass is 413 g/mol. The fraction of sp³-hybridized carbons (Fsp3) is 0.294. The number of anilines is 1. The van der Waals surface area contributed by atoms with E-state index in [2.05, 4.69) is 36.0 Å². The van der Waals surface area contributed by atoms with Crippen molar-refractivity contribution < 1.29 is 8.42 Å². The molecule has 11 nitrogen and oxygen atoms in total. The molecule has 12 heteroatoms. The van der Waals surface area contributed by atoms with Crippen LogP contribution in [-0.4, -0.2) is 61.7 Å². The molecule has 0 saturated carbocycles. The lowest BCUT2D eigenvalue weighted by atomic mass is 10.2. The molecule has 150 valence electrons. The maximum atomic E-state index is 12.5. The van der Waals surface area contributed by atoms with Crippen LogP contribution in [0.25, 0.3) is 5.95 Å². The Morgan fingerprint density at radius 3 is 2.24 bits per heavy atom. The van der Waals surface area contributed by atoms with E-state index in [-0.39, 0.29) is 29.9 Å². The van der Waals surface area contributed by atoms with Gasteiger partial charge in [0.2, 0.25) is 10.0 Å². The minimum absolute atomic E-state index is 0.114. The number of rotatable bonds is 5. The second-order valence-corrected chi connectivity index (χ2v) is 8.68. The van der Waals surface area contributed by atoms with Crippen molar-refractivity contribution in [3.8, 4) is 5.95 Å². The SMILES string of the molecule is Cc1ccc(S(=O)(=O)N2CC(=NNc3nnc(-n4nc(C)cc4C)nn3)C2)cc1. The van der Waals surface area contributed by atoms with Crippen LogP contribution >= 0.6 is 0 Å². The van der Waals surface area contributed by atoms with E-state index < -0.39 is 10.0 Å². The molecule has 0 spiro atoms. The van der Waals surface area contributed by atoms with Gasteiger partial charge in [0.05, 0.1) is 29.4 Å². The second-order valence-electron chi connectivity index (χ2n) is 6.74. The maximum Gasteiger partial charge on any atom is 0.289 e. The lowest BCUT2D eigenvalue weighted by Crippen LogP contribution is -2.50. The molecule has 0 radical (unpaired) electrons. The predicted molar refractivity (Wildman–Crippen MR) is 105 cm³/mol. The largest absolute Gasteiger partial charge is 0.289 e. The van der Waals surface area contributed by atoms with Gasteiger partial charge in [-0.25, -0.2) is 18.5 Å². The standard InChI is InChI=1S/C17H19N9O2S/c1-11-4-6-15(7-5-11)29(27,28)25-9-14(10-25)18-19-16-20-22-17(23-21-16)26-13(3)8-12(2)24-26/h4-8H,9-10H2,1-3H3,(H,19,20,21). The van der Waals surface area contributed by atoms with Gasteiger partial charge in [-0.3, -0.25) is 0 Å². The molecule has 0 bridgehead atoms. The zero-order valence-electron chi connectivity index (χ0n) is 16.1. The van der Waals surface area contributed by atoms with E-state index in [0.29, 0.717) is 5.71 Å². The number of nitrogens with zero attached hydrogens (tertiary/aromatic N) is 8. The first-order chi connectivity index (χ1) is 13.8. The van der Waals surface area contributed by atoms with Gasteiger partial charge >= 0.3 is 0 Å². The molecule has 4 rings (SSSR count). The molecule has 29 heavy (non-hydrogen) atoms. The van der Waals surface area contributed by atoms with Crippen molar-refractivity contribution in [2.45, 2.75) is 25.7 Å². The van der Waals surface area contributed by atoms with Gasteiger partial charge in [-0.15, -0.1) is 20.4 Å². The number of aryl methyl sites for hydroxylation is 3. The van der Waals surface area contributed by atoms with Gasteiger partial charge in [0.1, 0.15) is 0 Å². The molecule has 0 amide bonds. The summed E-state index contributed by atoms with van der Waals surface area (Å²) in [4.78, 5) is 0.270. The van der Waals surface area contributed by atoms with Crippen LogP contribution in [0.2, 0.25) is 0 Å². The van der Waals surface area contributed by atoms with Crippen molar-refractivity contribution in [3.63, 3.8) is 0 Å². The summed E-state index contributed by atoms with van der Waals surface area (Å²) in [6, 6.07) is 8.66. The minimum atomic E-state index is -3.51. The van der Waals surface area contributed by atoms with Crippen LogP contribution in [0, 0.1) is 20.8 Å². The summed E-state index contributed by atoms with van der Waals surface area (Å²) in [5, 5.41) is 24.2. The summed E-state index contributed by atoms with van der Waals surface area (Å²) in [7, 11) is -3.51. The second kappa shape index (κ2) is 7.29. The number of benzene rings is 1. The van der Waals surface area contributed by atoms with Crippen LogP contribution in [0.3, 0.4) is 0 Å². The number of nitrogens with one attached hydrogen (secondary N) is 1. The molecule has 1 aliphatic rings. The first-order valence-corrected chi connectivity index (χ1v) is 10.3. The Kier molecular flexibility index (Phi) is 4.80. The number of hydrogen-bond donors (Lipinski definition) is 1. The van der Waals surface area contributed by atoms with Crippen LogP contribution in [0.15, 0.2) is 40.3 Å². The Morgan fingerprint density at radius 1 is 1.00 bits per heavy atom. The van der Waals surface area contributed by atoms with Crippen molar-refractivity contribution in [2.24, 2.45) is 5.10 Å². The van der Waals surface area contributed by atoms with Crippen molar-refractivity contribution in [3.05, 3.63) is 47.3 Å². The molecule has 0 unspecified atom stereocenters. The molecule has 0 atom stereocenters. The van der Waals surface area contributed by atoms with Gasteiger partial charge in [0.15, 0.2) is 0 Å². The van der Waals surface area contributed by atoms with Gasteiger partial charge < -0.3 is 0 Å². The fourth-order valence-electron chi connectivity index (χ4n) is 2.77. The molecule has 3 aromatic rings.